The second-order valence-corrected chi connectivity index (χ2v) is 7.22. The molecule has 0 radical (unpaired) electrons. The monoisotopic (exact) mass is 335 g/mol. The Bertz CT molecular complexity index is 667. The minimum atomic E-state index is 0.110. The summed E-state index contributed by atoms with van der Waals surface area (Å²) in [5.74, 6) is 0.538. The van der Waals surface area contributed by atoms with Crippen molar-refractivity contribution >= 4 is 5.78 Å². The molecular formula is C23H29NO. The molecule has 1 heterocycles. The van der Waals surface area contributed by atoms with Crippen molar-refractivity contribution in [3.63, 3.8) is 0 Å². The molecule has 2 nitrogen and oxygen atoms in total. The lowest BCUT2D eigenvalue weighted by Crippen LogP contribution is -2.43. The Kier molecular flexibility index (Phi) is 6.04. The fourth-order valence-electron chi connectivity index (χ4n) is 4.22. The van der Waals surface area contributed by atoms with Gasteiger partial charge >= 0.3 is 0 Å². The Morgan fingerprint density at radius 2 is 1.52 bits per heavy atom. The summed E-state index contributed by atoms with van der Waals surface area (Å²) in [4.78, 5) is 15.5. The summed E-state index contributed by atoms with van der Waals surface area (Å²) in [6, 6.07) is 21.4. The van der Waals surface area contributed by atoms with Crippen LogP contribution in [0.1, 0.15) is 62.2 Å². The molecule has 0 bridgehead atoms. The molecule has 0 saturated carbocycles. The van der Waals surface area contributed by atoms with Crippen molar-refractivity contribution in [1.82, 2.24) is 4.90 Å². The zero-order valence-electron chi connectivity index (χ0n) is 15.4. The number of ketones is 1. The number of hydrogen-bond acceptors (Lipinski definition) is 2. The first-order chi connectivity index (χ1) is 12.2. The third kappa shape index (κ3) is 4.01. The van der Waals surface area contributed by atoms with Gasteiger partial charge in [0.25, 0.3) is 0 Å². The van der Waals surface area contributed by atoms with Crippen LogP contribution in [0.25, 0.3) is 0 Å². The average molecular weight is 335 g/mol. The molecule has 3 rings (SSSR count). The van der Waals surface area contributed by atoms with E-state index in [9.17, 15) is 4.79 Å². The van der Waals surface area contributed by atoms with E-state index in [2.05, 4.69) is 73.5 Å². The van der Waals surface area contributed by atoms with Crippen LogP contribution in [0.5, 0.6) is 0 Å². The van der Waals surface area contributed by atoms with Gasteiger partial charge in [0.1, 0.15) is 5.78 Å². The largest absolute Gasteiger partial charge is 0.299 e. The molecule has 132 valence electrons. The third-order valence-electron chi connectivity index (χ3n) is 5.56. The van der Waals surface area contributed by atoms with Crippen molar-refractivity contribution in [3.8, 4) is 0 Å². The van der Waals surface area contributed by atoms with E-state index in [1.165, 1.54) is 24.0 Å². The van der Waals surface area contributed by atoms with Gasteiger partial charge in [0.05, 0.1) is 0 Å². The van der Waals surface area contributed by atoms with Crippen molar-refractivity contribution in [3.05, 3.63) is 71.8 Å². The van der Waals surface area contributed by atoms with Gasteiger partial charge in [-0.1, -0.05) is 86.8 Å². The predicted molar refractivity (Wildman–Crippen MR) is 103 cm³/mol. The third-order valence-corrected chi connectivity index (χ3v) is 5.56. The minimum Gasteiger partial charge on any atom is -0.299 e. The number of rotatable bonds is 6. The molecule has 2 aromatic carbocycles. The number of piperidine rings is 1. The second-order valence-electron chi connectivity index (χ2n) is 7.22. The van der Waals surface area contributed by atoms with Crippen LogP contribution >= 0.6 is 0 Å². The quantitative estimate of drug-likeness (QED) is 0.643. The number of hydrogen-bond donors (Lipinski definition) is 0. The highest BCUT2D eigenvalue weighted by molar-refractivity contribution is 5.83. The Morgan fingerprint density at radius 1 is 0.920 bits per heavy atom. The maximum absolute atomic E-state index is 13.1. The van der Waals surface area contributed by atoms with E-state index < -0.39 is 0 Å². The Morgan fingerprint density at radius 3 is 2.12 bits per heavy atom. The number of Topliss-reactive ketones (excluding diaryl/α,β-unsaturated/α-hetero) is 1. The average Bonchev–Trinajstić information content (AvgIpc) is 2.66. The Labute approximate surface area is 151 Å². The van der Waals surface area contributed by atoms with Crippen molar-refractivity contribution in [2.45, 2.75) is 51.1 Å². The van der Waals surface area contributed by atoms with Crippen molar-refractivity contribution < 1.29 is 4.79 Å². The number of nitrogens with zero attached hydrogens (tertiary/aromatic N) is 1. The minimum absolute atomic E-state index is 0.110. The van der Waals surface area contributed by atoms with Crippen LogP contribution in [-0.4, -0.2) is 17.7 Å². The zero-order valence-corrected chi connectivity index (χ0v) is 15.4. The molecule has 1 aliphatic rings. The van der Waals surface area contributed by atoms with E-state index in [-0.39, 0.29) is 18.0 Å². The Balaban J connectivity index is 1.91. The fourth-order valence-corrected chi connectivity index (χ4v) is 4.22. The maximum atomic E-state index is 13.1. The standard InChI is InChI=1S/C23H29NO/c1-3-4-7-16-20-22(25)17-21(18-12-8-5-9-13-18)24(2)23(20)19-14-10-6-11-15-19/h5-6,8-15,20-21,23H,3-4,7,16-17H2,1-2H3. The topological polar surface area (TPSA) is 20.3 Å². The van der Waals surface area contributed by atoms with Crippen molar-refractivity contribution in [1.29, 1.82) is 0 Å². The van der Waals surface area contributed by atoms with Gasteiger partial charge in [0.2, 0.25) is 0 Å². The SMILES string of the molecule is CCCCCC1C(=O)CC(c2ccccc2)N(C)C1c1ccccc1. The molecule has 25 heavy (non-hydrogen) atoms. The van der Waals surface area contributed by atoms with Crippen LogP contribution in [0.3, 0.4) is 0 Å². The highest BCUT2D eigenvalue weighted by Gasteiger charge is 2.41. The van der Waals surface area contributed by atoms with Crippen LogP contribution in [-0.2, 0) is 4.79 Å². The van der Waals surface area contributed by atoms with E-state index in [1.807, 2.05) is 6.07 Å². The number of likely N-dealkylation sites (tertiary alicyclic amines) is 1. The molecule has 0 aromatic heterocycles. The summed E-state index contributed by atoms with van der Waals surface area (Å²) in [7, 11) is 2.19. The van der Waals surface area contributed by atoms with Gasteiger partial charge in [-0.3, -0.25) is 9.69 Å². The molecule has 1 fully saturated rings. The highest BCUT2D eigenvalue weighted by Crippen LogP contribution is 2.43. The summed E-state index contributed by atoms with van der Waals surface area (Å²) in [5, 5.41) is 0. The second kappa shape index (κ2) is 8.44. The van der Waals surface area contributed by atoms with Crippen LogP contribution in [0.4, 0.5) is 0 Å². The fraction of sp³-hybridized carbons (Fsp3) is 0.435. The molecule has 0 aliphatic carbocycles. The van der Waals surface area contributed by atoms with E-state index >= 15 is 0 Å². The van der Waals surface area contributed by atoms with Gasteiger partial charge in [0.15, 0.2) is 0 Å². The van der Waals surface area contributed by atoms with E-state index in [1.54, 1.807) is 0 Å². The summed E-state index contributed by atoms with van der Waals surface area (Å²) in [5.41, 5.74) is 2.51. The Hall–Kier alpha value is -1.93. The summed E-state index contributed by atoms with van der Waals surface area (Å²) in [6.45, 7) is 2.22. The first-order valence-corrected chi connectivity index (χ1v) is 9.57. The van der Waals surface area contributed by atoms with E-state index in [4.69, 9.17) is 0 Å². The number of benzene rings is 2. The van der Waals surface area contributed by atoms with Gasteiger partial charge < -0.3 is 0 Å². The molecule has 3 unspecified atom stereocenters. The zero-order chi connectivity index (χ0) is 17.6. The van der Waals surface area contributed by atoms with Crippen LogP contribution in [0, 0.1) is 5.92 Å². The summed E-state index contributed by atoms with van der Waals surface area (Å²) < 4.78 is 0. The van der Waals surface area contributed by atoms with Gasteiger partial charge in [-0.05, 0) is 24.6 Å². The summed E-state index contributed by atoms with van der Waals surface area (Å²) >= 11 is 0. The molecule has 0 spiro atoms. The molecule has 1 saturated heterocycles. The lowest BCUT2D eigenvalue weighted by Gasteiger charge is -2.44. The van der Waals surface area contributed by atoms with Crippen LogP contribution in [0.15, 0.2) is 60.7 Å². The smallest absolute Gasteiger partial charge is 0.139 e. The van der Waals surface area contributed by atoms with Crippen LogP contribution in [0.2, 0.25) is 0 Å². The van der Waals surface area contributed by atoms with Gasteiger partial charge in [-0.25, -0.2) is 0 Å². The van der Waals surface area contributed by atoms with Crippen LogP contribution < -0.4 is 0 Å². The number of carbonyl (C=O) groups is 1. The van der Waals surface area contributed by atoms with E-state index in [0.717, 1.165) is 12.8 Å². The molecule has 0 amide bonds. The number of carbonyl (C=O) groups excluding carboxylic acids is 1. The van der Waals surface area contributed by atoms with Gasteiger partial charge in [-0.15, -0.1) is 0 Å². The predicted octanol–water partition coefficient (Wildman–Crippen LogP) is 5.57. The maximum Gasteiger partial charge on any atom is 0.139 e. The molecular weight excluding hydrogens is 306 g/mol. The van der Waals surface area contributed by atoms with Crippen molar-refractivity contribution in [2.24, 2.45) is 5.92 Å². The molecule has 3 atom stereocenters. The first-order valence-electron chi connectivity index (χ1n) is 9.57. The number of unbranched alkanes of at least 4 members (excludes halogenated alkanes) is 2. The normalized spacial score (nSPS) is 24.4. The van der Waals surface area contributed by atoms with Gasteiger partial charge in [0, 0.05) is 24.4 Å². The first kappa shape index (κ1) is 17.9. The highest BCUT2D eigenvalue weighted by atomic mass is 16.1. The molecule has 1 aliphatic heterocycles. The lowest BCUT2D eigenvalue weighted by molar-refractivity contribution is -0.132. The van der Waals surface area contributed by atoms with Gasteiger partial charge in [-0.2, -0.15) is 0 Å². The van der Waals surface area contributed by atoms with E-state index in [0.29, 0.717) is 12.2 Å². The summed E-state index contributed by atoms with van der Waals surface area (Å²) in [6.07, 6.45) is 5.16. The molecule has 2 heteroatoms. The molecule has 2 aromatic rings. The molecule has 0 N–H and O–H groups in total. The van der Waals surface area contributed by atoms with Crippen molar-refractivity contribution in [2.75, 3.05) is 7.05 Å². The lowest BCUT2D eigenvalue weighted by atomic mass is 9.77.